The molecule has 0 aromatic heterocycles. The fourth-order valence-corrected chi connectivity index (χ4v) is 8.34. The van der Waals surface area contributed by atoms with Crippen LogP contribution in [0.4, 0.5) is 0 Å². The number of carbonyl (C=O) groups excluding carboxylic acids is 3. The van der Waals surface area contributed by atoms with Crippen molar-refractivity contribution in [2.45, 2.75) is 284 Å². The van der Waals surface area contributed by atoms with E-state index in [0.717, 1.165) is 122 Å². The Kier molecular flexibility index (Phi) is 58.9. The summed E-state index contributed by atoms with van der Waals surface area (Å²) < 4.78 is 16.9. The second-order valence-corrected chi connectivity index (χ2v) is 20.2. The first kappa shape index (κ1) is 70.8. The van der Waals surface area contributed by atoms with Gasteiger partial charge >= 0.3 is 17.9 Å². The van der Waals surface area contributed by atoms with Crippen LogP contribution in [0.15, 0.2) is 122 Å². The highest BCUT2D eigenvalue weighted by molar-refractivity contribution is 5.71. The Balaban J connectivity index is 4.36. The van der Waals surface area contributed by atoms with Gasteiger partial charge in [0.2, 0.25) is 0 Å². The molecule has 0 saturated heterocycles. The number of hydrogen-bond donors (Lipinski definition) is 0. The Morgan fingerprint density at radius 3 is 0.853 bits per heavy atom. The Morgan fingerprint density at radius 2 is 0.520 bits per heavy atom. The molecular weight excluding hydrogens is 925 g/mol. The van der Waals surface area contributed by atoms with Crippen LogP contribution in [0, 0.1) is 0 Å². The Bertz CT molecular complexity index is 1570. The highest BCUT2D eigenvalue weighted by atomic mass is 16.6. The van der Waals surface area contributed by atoms with Crippen molar-refractivity contribution in [3.05, 3.63) is 122 Å². The molecule has 1 unspecified atom stereocenters. The van der Waals surface area contributed by atoms with Crippen LogP contribution >= 0.6 is 0 Å². The van der Waals surface area contributed by atoms with Gasteiger partial charge in [-0.3, -0.25) is 14.4 Å². The van der Waals surface area contributed by atoms with Crippen LogP contribution < -0.4 is 0 Å². The molecule has 0 aromatic rings. The zero-order valence-electron chi connectivity index (χ0n) is 48.8. The van der Waals surface area contributed by atoms with Crippen molar-refractivity contribution in [3.63, 3.8) is 0 Å². The van der Waals surface area contributed by atoms with Gasteiger partial charge in [0.05, 0.1) is 0 Å². The van der Waals surface area contributed by atoms with E-state index in [1.165, 1.54) is 109 Å². The van der Waals surface area contributed by atoms with Crippen molar-refractivity contribution in [1.82, 2.24) is 0 Å². The minimum absolute atomic E-state index is 0.101. The summed E-state index contributed by atoms with van der Waals surface area (Å²) in [6.45, 7) is 6.37. The van der Waals surface area contributed by atoms with E-state index in [2.05, 4.69) is 142 Å². The van der Waals surface area contributed by atoms with Gasteiger partial charge in [-0.25, -0.2) is 0 Å². The zero-order chi connectivity index (χ0) is 54.3. The topological polar surface area (TPSA) is 78.9 Å². The van der Waals surface area contributed by atoms with Crippen LogP contribution in [0.25, 0.3) is 0 Å². The number of esters is 3. The van der Waals surface area contributed by atoms with E-state index < -0.39 is 6.10 Å². The number of rotatable bonds is 55. The molecule has 426 valence electrons. The predicted octanol–water partition coefficient (Wildman–Crippen LogP) is 21.2. The molecule has 0 heterocycles. The van der Waals surface area contributed by atoms with Gasteiger partial charge in [0.15, 0.2) is 6.10 Å². The lowest BCUT2D eigenvalue weighted by atomic mass is 10.0. The van der Waals surface area contributed by atoms with Crippen LogP contribution in [0.2, 0.25) is 0 Å². The van der Waals surface area contributed by atoms with E-state index in [4.69, 9.17) is 14.2 Å². The monoisotopic (exact) mass is 1040 g/mol. The highest BCUT2D eigenvalue weighted by Gasteiger charge is 2.19. The molecule has 0 aliphatic heterocycles. The third kappa shape index (κ3) is 60.6. The SMILES string of the molecule is CC/C=C\C/C=C\C/C=C\C/C=C\C/C=C\CCCCCCCCCCCCCC(=O)OCC(COC(=O)CCCCCCC/C=C\CCCCCCCC)OC(=O)CCCC/C=C\C/C=C\C/C=C\C/C=C\CC. The molecule has 0 amide bonds. The quantitative estimate of drug-likeness (QED) is 0.0261. The zero-order valence-corrected chi connectivity index (χ0v) is 48.8. The standard InChI is InChI=1S/C69H114O6/c1-4-7-10-13-16-19-22-25-28-29-30-31-32-33-34-35-36-37-38-39-42-44-47-50-53-56-59-62-68(71)74-65-66(75-69(72)63-60-57-54-51-48-45-41-27-24-21-18-15-12-9-6-3)64-73-67(70)61-58-55-52-49-46-43-40-26-23-20-17-14-11-8-5-2/h7,9-10,12,16,18-19,21,25-28,30-31,33-34,40-41,48,51,66H,4-6,8,11,13-15,17,20,22-24,29,32,35-39,42-47,49-50,52-65H2,1-3H3/b10-7-,12-9-,19-16-,21-18-,28-25-,31-30-,34-33-,40-26-,41-27-,51-48-. The Hall–Kier alpha value is -4.19. The summed E-state index contributed by atoms with van der Waals surface area (Å²) in [7, 11) is 0. The molecule has 0 N–H and O–H groups in total. The molecule has 1 atom stereocenters. The van der Waals surface area contributed by atoms with Crippen LogP contribution in [0.1, 0.15) is 278 Å². The lowest BCUT2D eigenvalue weighted by Gasteiger charge is -2.18. The maximum absolute atomic E-state index is 12.9. The third-order valence-electron chi connectivity index (χ3n) is 12.9. The smallest absolute Gasteiger partial charge is 0.306 e. The van der Waals surface area contributed by atoms with Crippen molar-refractivity contribution in [2.75, 3.05) is 13.2 Å². The summed E-state index contributed by atoms with van der Waals surface area (Å²) >= 11 is 0. The minimum Gasteiger partial charge on any atom is -0.462 e. The van der Waals surface area contributed by atoms with E-state index in [1.54, 1.807) is 0 Å². The Labute approximate surface area is 462 Å². The molecule has 0 bridgehead atoms. The second-order valence-electron chi connectivity index (χ2n) is 20.2. The van der Waals surface area contributed by atoms with Crippen LogP contribution in [-0.4, -0.2) is 37.2 Å². The van der Waals surface area contributed by atoms with Gasteiger partial charge in [0.25, 0.3) is 0 Å². The van der Waals surface area contributed by atoms with Crippen molar-refractivity contribution < 1.29 is 28.6 Å². The van der Waals surface area contributed by atoms with E-state index in [1.807, 2.05) is 0 Å². The second kappa shape index (κ2) is 62.4. The summed E-state index contributed by atoms with van der Waals surface area (Å²) in [5.41, 5.74) is 0. The molecule has 0 aliphatic carbocycles. The van der Waals surface area contributed by atoms with Crippen molar-refractivity contribution in [2.24, 2.45) is 0 Å². The number of unbranched alkanes of at least 4 members (excludes halogenated alkanes) is 24. The van der Waals surface area contributed by atoms with Gasteiger partial charge in [0, 0.05) is 19.3 Å². The molecule has 0 spiro atoms. The summed E-state index contributed by atoms with van der Waals surface area (Å²) in [6, 6.07) is 0. The molecule has 0 aromatic carbocycles. The minimum atomic E-state index is -0.808. The van der Waals surface area contributed by atoms with Crippen LogP contribution in [0.5, 0.6) is 0 Å². The maximum atomic E-state index is 12.9. The third-order valence-corrected chi connectivity index (χ3v) is 12.9. The fraction of sp³-hybridized carbons (Fsp3) is 0.667. The summed E-state index contributed by atoms with van der Waals surface area (Å²) in [5, 5.41) is 0. The molecular formula is C69H114O6. The molecule has 0 radical (unpaired) electrons. The highest BCUT2D eigenvalue weighted by Crippen LogP contribution is 2.15. The van der Waals surface area contributed by atoms with Crippen molar-refractivity contribution in [3.8, 4) is 0 Å². The summed E-state index contributed by atoms with van der Waals surface area (Å²) in [6.07, 6.45) is 86.3. The van der Waals surface area contributed by atoms with Gasteiger partial charge in [-0.15, -0.1) is 0 Å². The Morgan fingerprint density at radius 1 is 0.280 bits per heavy atom. The number of hydrogen-bond acceptors (Lipinski definition) is 6. The van der Waals surface area contributed by atoms with Crippen LogP contribution in [-0.2, 0) is 28.6 Å². The molecule has 75 heavy (non-hydrogen) atoms. The summed E-state index contributed by atoms with van der Waals surface area (Å²) in [5.74, 6) is -0.951. The van der Waals surface area contributed by atoms with Crippen molar-refractivity contribution in [1.29, 1.82) is 0 Å². The summed E-state index contributed by atoms with van der Waals surface area (Å²) in [4.78, 5) is 38.2. The molecule has 6 heteroatoms. The molecule has 0 saturated carbocycles. The van der Waals surface area contributed by atoms with E-state index in [-0.39, 0.29) is 37.5 Å². The average molecular weight is 1040 g/mol. The van der Waals surface area contributed by atoms with Crippen LogP contribution in [0.3, 0.4) is 0 Å². The first-order valence-electron chi connectivity index (χ1n) is 31.0. The predicted molar refractivity (Wildman–Crippen MR) is 325 cm³/mol. The lowest BCUT2D eigenvalue weighted by Crippen LogP contribution is -2.30. The van der Waals surface area contributed by atoms with Gasteiger partial charge in [-0.1, -0.05) is 251 Å². The molecule has 6 nitrogen and oxygen atoms in total. The molecule has 0 fully saturated rings. The lowest BCUT2D eigenvalue weighted by molar-refractivity contribution is -0.167. The van der Waals surface area contributed by atoms with Gasteiger partial charge in [0.1, 0.15) is 13.2 Å². The fourth-order valence-electron chi connectivity index (χ4n) is 8.34. The normalized spacial score (nSPS) is 12.9. The van der Waals surface area contributed by atoms with E-state index >= 15 is 0 Å². The largest absolute Gasteiger partial charge is 0.462 e. The average Bonchev–Trinajstić information content (AvgIpc) is 3.41. The van der Waals surface area contributed by atoms with Gasteiger partial charge < -0.3 is 14.2 Å². The first-order chi connectivity index (χ1) is 37.0. The van der Waals surface area contributed by atoms with E-state index in [0.29, 0.717) is 19.3 Å². The van der Waals surface area contributed by atoms with Gasteiger partial charge in [-0.2, -0.15) is 0 Å². The van der Waals surface area contributed by atoms with E-state index in [9.17, 15) is 14.4 Å². The number of allylic oxidation sites excluding steroid dienone is 20. The van der Waals surface area contributed by atoms with Crippen molar-refractivity contribution >= 4 is 17.9 Å². The molecule has 0 rings (SSSR count). The number of ether oxygens (including phenoxy) is 3. The molecule has 0 aliphatic rings. The van der Waals surface area contributed by atoms with Gasteiger partial charge in [-0.05, 0) is 128 Å². The number of carbonyl (C=O) groups is 3. The maximum Gasteiger partial charge on any atom is 0.306 e. The first-order valence-corrected chi connectivity index (χ1v) is 31.0.